The molecule has 1 amide bonds. The van der Waals surface area contributed by atoms with Crippen LogP contribution < -0.4 is 5.32 Å². The van der Waals surface area contributed by atoms with Crippen LogP contribution in [0.15, 0.2) is 12.1 Å². The van der Waals surface area contributed by atoms with Gasteiger partial charge in [0.2, 0.25) is 5.91 Å². The SMILES string of the molecule is CNCCC(=O)N1CCc2cc(Cl)cc(Cl)c2C1. The number of nitrogens with one attached hydrogen (secondary N) is 1. The molecule has 0 radical (unpaired) electrons. The zero-order valence-electron chi connectivity index (χ0n) is 10.3. The van der Waals surface area contributed by atoms with Crippen LogP contribution in [0.3, 0.4) is 0 Å². The van der Waals surface area contributed by atoms with Crippen molar-refractivity contribution >= 4 is 29.1 Å². The molecule has 0 saturated carbocycles. The van der Waals surface area contributed by atoms with Crippen LogP contribution in [0.4, 0.5) is 0 Å². The Balaban J connectivity index is 2.12. The lowest BCUT2D eigenvalue weighted by Gasteiger charge is -2.29. The molecule has 0 aliphatic carbocycles. The molecule has 98 valence electrons. The Hall–Kier alpha value is -0.770. The highest BCUT2D eigenvalue weighted by Crippen LogP contribution is 2.30. The Morgan fingerprint density at radius 2 is 2.22 bits per heavy atom. The summed E-state index contributed by atoms with van der Waals surface area (Å²) in [5, 5.41) is 4.30. The number of hydrogen-bond acceptors (Lipinski definition) is 2. The molecule has 1 heterocycles. The zero-order valence-corrected chi connectivity index (χ0v) is 11.8. The van der Waals surface area contributed by atoms with E-state index in [0.717, 1.165) is 24.1 Å². The van der Waals surface area contributed by atoms with Gasteiger partial charge in [0.05, 0.1) is 0 Å². The molecule has 1 N–H and O–H groups in total. The molecule has 0 atom stereocenters. The zero-order chi connectivity index (χ0) is 13.1. The van der Waals surface area contributed by atoms with Gasteiger partial charge in [0, 0.05) is 36.1 Å². The maximum Gasteiger partial charge on any atom is 0.224 e. The summed E-state index contributed by atoms with van der Waals surface area (Å²) in [6.07, 6.45) is 1.35. The molecular weight excluding hydrogens is 271 g/mol. The van der Waals surface area contributed by atoms with Gasteiger partial charge in [-0.25, -0.2) is 0 Å². The lowest BCUT2D eigenvalue weighted by molar-refractivity contribution is -0.132. The molecule has 2 rings (SSSR count). The molecule has 0 bridgehead atoms. The van der Waals surface area contributed by atoms with Crippen molar-refractivity contribution in [1.82, 2.24) is 10.2 Å². The first-order chi connectivity index (χ1) is 8.61. The molecule has 0 unspecified atom stereocenters. The van der Waals surface area contributed by atoms with Gasteiger partial charge in [-0.05, 0) is 36.7 Å². The van der Waals surface area contributed by atoms with Crippen molar-refractivity contribution in [2.75, 3.05) is 20.1 Å². The van der Waals surface area contributed by atoms with E-state index in [1.807, 2.05) is 18.0 Å². The third-order valence-corrected chi connectivity index (χ3v) is 3.75. The molecule has 1 aromatic rings. The van der Waals surface area contributed by atoms with Crippen LogP contribution >= 0.6 is 23.2 Å². The quantitative estimate of drug-likeness (QED) is 0.926. The molecule has 0 aromatic heterocycles. The van der Waals surface area contributed by atoms with E-state index >= 15 is 0 Å². The first-order valence-electron chi connectivity index (χ1n) is 6.01. The van der Waals surface area contributed by atoms with E-state index in [2.05, 4.69) is 5.32 Å². The fourth-order valence-electron chi connectivity index (χ4n) is 2.19. The second-order valence-corrected chi connectivity index (χ2v) is 5.29. The van der Waals surface area contributed by atoms with Crippen molar-refractivity contribution in [2.45, 2.75) is 19.4 Å². The van der Waals surface area contributed by atoms with Gasteiger partial charge in [0.1, 0.15) is 0 Å². The van der Waals surface area contributed by atoms with Gasteiger partial charge >= 0.3 is 0 Å². The van der Waals surface area contributed by atoms with Gasteiger partial charge in [-0.2, -0.15) is 0 Å². The number of rotatable bonds is 3. The number of hydrogen-bond donors (Lipinski definition) is 1. The average Bonchev–Trinajstić information content (AvgIpc) is 2.35. The van der Waals surface area contributed by atoms with Crippen LogP contribution in [-0.4, -0.2) is 30.9 Å². The highest BCUT2D eigenvalue weighted by Gasteiger charge is 2.22. The van der Waals surface area contributed by atoms with Gasteiger partial charge in [-0.3, -0.25) is 4.79 Å². The minimum absolute atomic E-state index is 0.168. The number of fused-ring (bicyclic) bond motifs is 1. The Bertz CT molecular complexity index is 463. The maximum absolute atomic E-state index is 12.0. The minimum atomic E-state index is 0.168. The summed E-state index contributed by atoms with van der Waals surface area (Å²) in [5.41, 5.74) is 2.19. The van der Waals surface area contributed by atoms with Crippen molar-refractivity contribution in [1.29, 1.82) is 0 Å². The van der Waals surface area contributed by atoms with Crippen molar-refractivity contribution in [3.05, 3.63) is 33.3 Å². The third-order valence-electron chi connectivity index (χ3n) is 3.19. The number of halogens is 2. The number of nitrogens with zero attached hydrogens (tertiary/aromatic N) is 1. The molecule has 3 nitrogen and oxygen atoms in total. The third kappa shape index (κ3) is 2.97. The van der Waals surface area contributed by atoms with E-state index < -0.39 is 0 Å². The molecule has 0 saturated heterocycles. The molecule has 1 aromatic carbocycles. The summed E-state index contributed by atoms with van der Waals surface area (Å²) in [7, 11) is 1.84. The minimum Gasteiger partial charge on any atom is -0.338 e. The van der Waals surface area contributed by atoms with Gasteiger partial charge in [-0.15, -0.1) is 0 Å². The second kappa shape index (κ2) is 5.91. The van der Waals surface area contributed by atoms with Crippen LogP contribution in [-0.2, 0) is 17.8 Å². The topological polar surface area (TPSA) is 32.3 Å². The summed E-state index contributed by atoms with van der Waals surface area (Å²) < 4.78 is 0. The summed E-state index contributed by atoms with van der Waals surface area (Å²) in [5.74, 6) is 0.168. The van der Waals surface area contributed by atoms with E-state index in [-0.39, 0.29) is 5.91 Å². The Kier molecular flexibility index (Phi) is 4.49. The lowest BCUT2D eigenvalue weighted by atomic mass is 9.99. The molecule has 0 spiro atoms. The fraction of sp³-hybridized carbons (Fsp3) is 0.462. The predicted octanol–water partition coefficient (Wildman–Crippen LogP) is 2.49. The standard InChI is InChI=1S/C13H16Cl2N2O/c1-16-4-2-13(18)17-5-3-9-6-10(14)7-12(15)11(9)8-17/h6-7,16H,2-5,8H2,1H3. The Morgan fingerprint density at radius 1 is 1.44 bits per heavy atom. The van der Waals surface area contributed by atoms with Crippen molar-refractivity contribution in [3.8, 4) is 0 Å². The molecule has 1 aliphatic heterocycles. The molecule has 18 heavy (non-hydrogen) atoms. The second-order valence-electron chi connectivity index (χ2n) is 4.44. The normalized spacial score (nSPS) is 14.5. The van der Waals surface area contributed by atoms with Crippen LogP contribution in [0.25, 0.3) is 0 Å². The summed E-state index contributed by atoms with van der Waals surface area (Å²) in [4.78, 5) is 13.8. The summed E-state index contributed by atoms with van der Waals surface area (Å²) >= 11 is 12.2. The predicted molar refractivity (Wildman–Crippen MR) is 74.1 cm³/mol. The largest absolute Gasteiger partial charge is 0.338 e. The molecule has 5 heteroatoms. The number of carbonyl (C=O) groups is 1. The van der Waals surface area contributed by atoms with Gasteiger partial charge in [-0.1, -0.05) is 23.2 Å². The van der Waals surface area contributed by atoms with Crippen molar-refractivity contribution < 1.29 is 4.79 Å². The monoisotopic (exact) mass is 286 g/mol. The highest BCUT2D eigenvalue weighted by molar-refractivity contribution is 6.35. The number of carbonyl (C=O) groups excluding carboxylic acids is 1. The van der Waals surface area contributed by atoms with E-state index in [1.54, 1.807) is 6.07 Å². The number of amides is 1. The van der Waals surface area contributed by atoms with Gasteiger partial charge in [0.15, 0.2) is 0 Å². The highest BCUT2D eigenvalue weighted by atomic mass is 35.5. The molecular formula is C13H16Cl2N2O. The Labute approximate surface area is 117 Å². The first kappa shape index (κ1) is 13.7. The van der Waals surface area contributed by atoms with Gasteiger partial charge in [0.25, 0.3) is 0 Å². The van der Waals surface area contributed by atoms with Crippen LogP contribution in [0, 0.1) is 0 Å². The lowest BCUT2D eigenvalue weighted by Crippen LogP contribution is -2.37. The first-order valence-corrected chi connectivity index (χ1v) is 6.76. The fourth-order valence-corrected chi connectivity index (χ4v) is 2.78. The number of benzene rings is 1. The summed E-state index contributed by atoms with van der Waals surface area (Å²) in [6, 6.07) is 3.68. The van der Waals surface area contributed by atoms with Crippen molar-refractivity contribution in [2.24, 2.45) is 0 Å². The van der Waals surface area contributed by atoms with E-state index in [4.69, 9.17) is 23.2 Å². The van der Waals surface area contributed by atoms with Gasteiger partial charge < -0.3 is 10.2 Å². The van der Waals surface area contributed by atoms with E-state index in [1.165, 1.54) is 0 Å². The van der Waals surface area contributed by atoms with Crippen molar-refractivity contribution in [3.63, 3.8) is 0 Å². The molecule has 0 fully saturated rings. The van der Waals surface area contributed by atoms with Crippen LogP contribution in [0.1, 0.15) is 17.5 Å². The van der Waals surface area contributed by atoms with E-state index in [0.29, 0.717) is 29.6 Å². The smallest absolute Gasteiger partial charge is 0.224 e. The Morgan fingerprint density at radius 3 is 2.94 bits per heavy atom. The van der Waals surface area contributed by atoms with Crippen LogP contribution in [0.5, 0.6) is 0 Å². The van der Waals surface area contributed by atoms with E-state index in [9.17, 15) is 4.79 Å². The maximum atomic E-state index is 12.0. The summed E-state index contributed by atoms with van der Waals surface area (Å²) in [6.45, 7) is 2.04. The van der Waals surface area contributed by atoms with Crippen LogP contribution in [0.2, 0.25) is 10.0 Å². The average molecular weight is 287 g/mol. The molecule has 1 aliphatic rings.